The van der Waals surface area contributed by atoms with Crippen molar-refractivity contribution in [2.24, 2.45) is 0 Å². The van der Waals surface area contributed by atoms with Crippen LogP contribution in [0.5, 0.6) is 5.75 Å². The Bertz CT molecular complexity index is 1400. The molecule has 0 spiro atoms. The normalized spacial score (nSPS) is 15.7. The SMILES string of the molecule is CCOc1ccc(C2NC(=O)N(c3cccc(SC)c3)C(C)=C2c2nc(-c3ccccc3)no2)cc1. The Kier molecular flexibility index (Phi) is 6.77. The average Bonchev–Trinajstić information content (AvgIpc) is 3.39. The molecule has 1 aliphatic heterocycles. The molecule has 0 aliphatic carbocycles. The van der Waals surface area contributed by atoms with Crippen molar-refractivity contribution < 1.29 is 14.1 Å². The Balaban J connectivity index is 1.63. The lowest BCUT2D eigenvalue weighted by Gasteiger charge is -2.35. The van der Waals surface area contributed by atoms with Gasteiger partial charge in [-0.2, -0.15) is 4.98 Å². The first-order valence-corrected chi connectivity index (χ1v) is 12.9. The number of rotatable bonds is 7. The van der Waals surface area contributed by atoms with Crippen LogP contribution in [0.3, 0.4) is 0 Å². The van der Waals surface area contributed by atoms with Crippen molar-refractivity contribution in [1.29, 1.82) is 0 Å². The topological polar surface area (TPSA) is 80.5 Å². The Morgan fingerprint density at radius 3 is 2.56 bits per heavy atom. The van der Waals surface area contributed by atoms with Gasteiger partial charge in [0.15, 0.2) is 0 Å². The Morgan fingerprint density at radius 2 is 1.83 bits per heavy atom. The quantitative estimate of drug-likeness (QED) is 0.291. The molecule has 2 heterocycles. The predicted molar refractivity (Wildman–Crippen MR) is 142 cm³/mol. The lowest BCUT2D eigenvalue weighted by atomic mass is 9.94. The number of benzene rings is 3. The summed E-state index contributed by atoms with van der Waals surface area (Å²) in [7, 11) is 0. The first-order valence-electron chi connectivity index (χ1n) is 11.7. The number of carbonyl (C=O) groups is 1. The number of ether oxygens (including phenoxy) is 1. The van der Waals surface area contributed by atoms with Gasteiger partial charge in [-0.15, -0.1) is 11.8 Å². The van der Waals surface area contributed by atoms with E-state index in [0.717, 1.165) is 38.7 Å². The smallest absolute Gasteiger partial charge is 0.326 e. The van der Waals surface area contributed by atoms with Crippen molar-refractivity contribution in [3.8, 4) is 17.1 Å². The number of hydrogen-bond donors (Lipinski definition) is 1. The largest absolute Gasteiger partial charge is 0.494 e. The van der Waals surface area contributed by atoms with Crippen LogP contribution in [0.15, 0.2) is 94.0 Å². The predicted octanol–water partition coefficient (Wildman–Crippen LogP) is 6.56. The van der Waals surface area contributed by atoms with Gasteiger partial charge in [-0.25, -0.2) is 4.79 Å². The summed E-state index contributed by atoms with van der Waals surface area (Å²) in [6.45, 7) is 4.44. The molecular weight excluding hydrogens is 472 g/mol. The fourth-order valence-corrected chi connectivity index (χ4v) is 4.74. The maximum atomic E-state index is 13.4. The molecule has 8 heteroatoms. The highest BCUT2D eigenvalue weighted by Crippen LogP contribution is 2.40. The molecule has 1 aliphatic rings. The van der Waals surface area contributed by atoms with Gasteiger partial charge in [-0.05, 0) is 56.0 Å². The second kappa shape index (κ2) is 10.3. The van der Waals surface area contributed by atoms with Gasteiger partial charge in [-0.3, -0.25) is 4.90 Å². The van der Waals surface area contributed by atoms with Crippen molar-refractivity contribution in [3.63, 3.8) is 0 Å². The van der Waals surface area contributed by atoms with Crippen LogP contribution in [-0.2, 0) is 0 Å². The zero-order chi connectivity index (χ0) is 25.1. The van der Waals surface area contributed by atoms with E-state index in [1.807, 2.05) is 99.0 Å². The number of nitrogens with one attached hydrogen (secondary N) is 1. The van der Waals surface area contributed by atoms with Crippen LogP contribution >= 0.6 is 11.8 Å². The van der Waals surface area contributed by atoms with Gasteiger partial charge in [0.1, 0.15) is 5.75 Å². The van der Waals surface area contributed by atoms with Gasteiger partial charge < -0.3 is 14.6 Å². The number of urea groups is 1. The summed E-state index contributed by atoms with van der Waals surface area (Å²) in [5, 5.41) is 7.38. The average molecular weight is 499 g/mol. The first kappa shape index (κ1) is 23.7. The van der Waals surface area contributed by atoms with E-state index in [-0.39, 0.29) is 6.03 Å². The van der Waals surface area contributed by atoms with Crippen molar-refractivity contribution in [1.82, 2.24) is 15.5 Å². The Morgan fingerprint density at radius 1 is 1.06 bits per heavy atom. The van der Waals surface area contributed by atoms with Crippen LogP contribution in [0.2, 0.25) is 0 Å². The molecule has 3 aromatic carbocycles. The van der Waals surface area contributed by atoms with E-state index in [4.69, 9.17) is 14.2 Å². The molecule has 4 aromatic rings. The van der Waals surface area contributed by atoms with Crippen LogP contribution in [0.1, 0.15) is 31.3 Å². The highest BCUT2D eigenvalue weighted by atomic mass is 32.2. The van der Waals surface area contributed by atoms with Crippen molar-refractivity contribution in [2.45, 2.75) is 24.8 Å². The molecule has 2 amide bonds. The number of aromatic nitrogens is 2. The minimum absolute atomic E-state index is 0.226. The number of thioether (sulfide) groups is 1. The van der Waals surface area contributed by atoms with E-state index in [1.54, 1.807) is 16.7 Å². The van der Waals surface area contributed by atoms with Crippen LogP contribution < -0.4 is 15.0 Å². The van der Waals surface area contributed by atoms with E-state index in [2.05, 4.69) is 10.5 Å². The summed E-state index contributed by atoms with van der Waals surface area (Å²) in [4.78, 5) is 20.9. The van der Waals surface area contributed by atoms with Crippen molar-refractivity contribution in [2.75, 3.05) is 17.8 Å². The van der Waals surface area contributed by atoms with E-state index in [0.29, 0.717) is 18.3 Å². The van der Waals surface area contributed by atoms with Crippen LogP contribution in [0.25, 0.3) is 17.0 Å². The summed E-state index contributed by atoms with van der Waals surface area (Å²) in [5.74, 6) is 1.62. The summed E-state index contributed by atoms with van der Waals surface area (Å²) in [5.41, 5.74) is 3.97. The summed E-state index contributed by atoms with van der Waals surface area (Å²) in [6, 6.07) is 24.5. The molecule has 7 nitrogen and oxygen atoms in total. The highest BCUT2D eigenvalue weighted by molar-refractivity contribution is 7.98. The maximum absolute atomic E-state index is 13.4. The molecule has 182 valence electrons. The monoisotopic (exact) mass is 498 g/mol. The van der Waals surface area contributed by atoms with Gasteiger partial charge in [0.25, 0.3) is 5.89 Å². The highest BCUT2D eigenvalue weighted by Gasteiger charge is 2.36. The molecule has 1 aromatic heterocycles. The molecule has 0 bridgehead atoms. The minimum Gasteiger partial charge on any atom is -0.494 e. The number of carbonyl (C=O) groups excluding carboxylic acids is 1. The van der Waals surface area contributed by atoms with E-state index in [1.165, 1.54) is 0 Å². The lowest BCUT2D eigenvalue weighted by molar-refractivity contribution is 0.244. The Labute approximate surface area is 214 Å². The van der Waals surface area contributed by atoms with E-state index >= 15 is 0 Å². The Hall–Kier alpha value is -4.04. The molecule has 0 saturated carbocycles. The number of anilines is 1. The van der Waals surface area contributed by atoms with Gasteiger partial charge in [0.2, 0.25) is 5.82 Å². The molecule has 36 heavy (non-hydrogen) atoms. The number of amides is 2. The second-order valence-corrected chi connectivity index (χ2v) is 9.09. The molecule has 5 rings (SSSR count). The van der Waals surface area contributed by atoms with E-state index < -0.39 is 6.04 Å². The zero-order valence-electron chi connectivity index (χ0n) is 20.3. The summed E-state index contributed by atoms with van der Waals surface area (Å²) in [6.07, 6.45) is 2.01. The van der Waals surface area contributed by atoms with Gasteiger partial charge in [-0.1, -0.05) is 53.7 Å². The fraction of sp³-hybridized carbons (Fsp3) is 0.179. The fourth-order valence-electron chi connectivity index (χ4n) is 4.29. The zero-order valence-corrected chi connectivity index (χ0v) is 21.1. The summed E-state index contributed by atoms with van der Waals surface area (Å²) >= 11 is 1.62. The third-order valence-corrected chi connectivity index (χ3v) is 6.73. The molecule has 1 unspecified atom stereocenters. The van der Waals surface area contributed by atoms with Crippen LogP contribution in [0.4, 0.5) is 10.5 Å². The van der Waals surface area contributed by atoms with Gasteiger partial charge in [0, 0.05) is 16.2 Å². The molecule has 0 saturated heterocycles. The van der Waals surface area contributed by atoms with Crippen molar-refractivity contribution in [3.05, 3.63) is 96.0 Å². The standard InChI is InChI=1S/C28H26N4O3S/c1-4-34-22-15-13-19(14-16-22)25-24(27-30-26(31-35-27)20-9-6-5-7-10-20)18(2)32(28(33)29-25)21-11-8-12-23(17-21)36-3/h5-17,25H,4H2,1-3H3,(H,29,33). The maximum Gasteiger partial charge on any atom is 0.326 e. The molecule has 0 fully saturated rings. The molecular formula is C28H26N4O3S. The van der Waals surface area contributed by atoms with Crippen LogP contribution in [-0.4, -0.2) is 29.0 Å². The first-order chi connectivity index (χ1) is 17.6. The number of allylic oxidation sites excluding steroid dienone is 1. The molecule has 0 radical (unpaired) electrons. The van der Waals surface area contributed by atoms with Gasteiger partial charge >= 0.3 is 6.03 Å². The van der Waals surface area contributed by atoms with Gasteiger partial charge in [0.05, 0.1) is 23.9 Å². The third-order valence-electron chi connectivity index (χ3n) is 6.01. The molecule has 1 N–H and O–H groups in total. The summed E-state index contributed by atoms with van der Waals surface area (Å²) < 4.78 is 11.4. The molecule has 1 atom stereocenters. The second-order valence-electron chi connectivity index (χ2n) is 8.21. The minimum atomic E-state index is -0.475. The van der Waals surface area contributed by atoms with Crippen LogP contribution in [0, 0.1) is 0 Å². The number of hydrogen-bond acceptors (Lipinski definition) is 6. The number of nitrogens with zero attached hydrogens (tertiary/aromatic N) is 3. The third kappa shape index (κ3) is 4.59. The van der Waals surface area contributed by atoms with E-state index in [9.17, 15) is 4.79 Å². The van der Waals surface area contributed by atoms with Crippen molar-refractivity contribution >= 4 is 29.1 Å². The lowest BCUT2D eigenvalue weighted by Crippen LogP contribution is -2.46.